The summed E-state index contributed by atoms with van der Waals surface area (Å²) in [5.74, 6) is -0.272. The Bertz CT molecular complexity index is 406. The van der Waals surface area contributed by atoms with E-state index in [0.717, 1.165) is 24.8 Å². The van der Waals surface area contributed by atoms with Gasteiger partial charge in [-0.15, -0.1) is 0 Å². The predicted octanol–water partition coefficient (Wildman–Crippen LogP) is 2.03. The zero-order valence-electron chi connectivity index (χ0n) is 7.76. The van der Waals surface area contributed by atoms with Crippen molar-refractivity contribution >= 4 is 0 Å². The smallest absolute Gasteiger partial charge is 0.128 e. The van der Waals surface area contributed by atoms with Crippen molar-refractivity contribution in [1.29, 1.82) is 5.26 Å². The Balaban J connectivity index is 2.65. The summed E-state index contributed by atoms with van der Waals surface area (Å²) < 4.78 is 13.4. The monoisotopic (exact) mass is 190 g/mol. The first-order valence-electron chi connectivity index (χ1n) is 4.71. The lowest BCUT2D eigenvalue weighted by Crippen LogP contribution is -2.20. The van der Waals surface area contributed by atoms with E-state index in [2.05, 4.69) is 6.07 Å². The first-order valence-corrected chi connectivity index (χ1v) is 4.71. The average Bonchev–Trinajstić information content (AvgIpc) is 2.18. The van der Waals surface area contributed by atoms with E-state index in [1.54, 1.807) is 0 Å². The number of hydrogen-bond acceptors (Lipinski definition) is 2. The summed E-state index contributed by atoms with van der Waals surface area (Å²) in [7, 11) is 0. The van der Waals surface area contributed by atoms with E-state index in [-0.39, 0.29) is 11.9 Å². The number of fused-ring (bicyclic) bond motifs is 1. The summed E-state index contributed by atoms with van der Waals surface area (Å²) in [6.45, 7) is 0. The van der Waals surface area contributed by atoms with Gasteiger partial charge in [-0.3, -0.25) is 0 Å². The Hall–Kier alpha value is -1.40. The summed E-state index contributed by atoms with van der Waals surface area (Å²) in [5, 5.41) is 8.86. The minimum atomic E-state index is -0.272. The molecule has 0 aromatic heterocycles. The lowest BCUT2D eigenvalue weighted by atomic mass is 9.85. The van der Waals surface area contributed by atoms with E-state index < -0.39 is 0 Å². The third-order valence-electron chi connectivity index (χ3n) is 2.74. The molecule has 3 heteroatoms. The van der Waals surface area contributed by atoms with Crippen molar-refractivity contribution in [2.24, 2.45) is 5.73 Å². The Kier molecular flexibility index (Phi) is 2.22. The predicted molar refractivity (Wildman–Crippen MR) is 51.0 cm³/mol. The number of nitrogens with zero attached hydrogens (tertiary/aromatic N) is 1. The van der Waals surface area contributed by atoms with Crippen LogP contribution >= 0.6 is 0 Å². The van der Waals surface area contributed by atoms with Gasteiger partial charge >= 0.3 is 0 Å². The molecule has 0 heterocycles. The van der Waals surface area contributed by atoms with Crippen LogP contribution in [0.2, 0.25) is 0 Å². The van der Waals surface area contributed by atoms with Gasteiger partial charge in [0.15, 0.2) is 0 Å². The summed E-state index contributed by atoms with van der Waals surface area (Å²) in [6.07, 6.45) is 2.51. The van der Waals surface area contributed by atoms with Gasteiger partial charge < -0.3 is 5.73 Å². The summed E-state index contributed by atoms with van der Waals surface area (Å²) >= 11 is 0. The minimum absolute atomic E-state index is 0.243. The fraction of sp³-hybridized carbons (Fsp3) is 0.364. The topological polar surface area (TPSA) is 49.8 Å². The standard InChI is InChI=1S/C11H11FN2/c12-9-5-4-7(6-13)8-2-1-3-10(14)11(8)9/h4-5,10H,1-3,14H2. The second-order valence-corrected chi connectivity index (χ2v) is 3.60. The fourth-order valence-corrected chi connectivity index (χ4v) is 2.05. The van der Waals surface area contributed by atoms with Crippen LogP contribution in [0.5, 0.6) is 0 Å². The minimum Gasteiger partial charge on any atom is -0.324 e. The zero-order valence-corrected chi connectivity index (χ0v) is 7.76. The van der Waals surface area contributed by atoms with E-state index >= 15 is 0 Å². The fourth-order valence-electron chi connectivity index (χ4n) is 2.05. The van der Waals surface area contributed by atoms with Crippen LogP contribution in [-0.2, 0) is 6.42 Å². The van der Waals surface area contributed by atoms with Gasteiger partial charge in [0.05, 0.1) is 11.6 Å². The van der Waals surface area contributed by atoms with Crippen LogP contribution in [0.3, 0.4) is 0 Å². The van der Waals surface area contributed by atoms with Crippen molar-refractivity contribution in [3.05, 3.63) is 34.6 Å². The summed E-state index contributed by atoms with van der Waals surface area (Å²) in [6, 6.07) is 4.71. The third-order valence-corrected chi connectivity index (χ3v) is 2.74. The molecule has 1 aliphatic carbocycles. The SMILES string of the molecule is N#Cc1ccc(F)c2c1CCCC2N. The molecule has 1 atom stereocenters. The van der Waals surface area contributed by atoms with E-state index in [9.17, 15) is 4.39 Å². The van der Waals surface area contributed by atoms with Crippen LogP contribution < -0.4 is 5.73 Å². The lowest BCUT2D eigenvalue weighted by Gasteiger charge is -2.23. The van der Waals surface area contributed by atoms with Gasteiger partial charge in [0.1, 0.15) is 5.82 Å². The molecule has 0 saturated carbocycles. The second kappa shape index (κ2) is 3.39. The van der Waals surface area contributed by atoms with Crippen molar-refractivity contribution in [3.63, 3.8) is 0 Å². The first-order chi connectivity index (χ1) is 6.74. The molecule has 72 valence electrons. The Labute approximate surface area is 82.1 Å². The van der Waals surface area contributed by atoms with Gasteiger partial charge in [0.25, 0.3) is 0 Å². The molecular formula is C11H11FN2. The molecule has 1 unspecified atom stereocenters. The molecular weight excluding hydrogens is 179 g/mol. The highest BCUT2D eigenvalue weighted by Crippen LogP contribution is 2.31. The van der Waals surface area contributed by atoms with Crippen LogP contribution in [0, 0.1) is 17.1 Å². The second-order valence-electron chi connectivity index (χ2n) is 3.60. The van der Waals surface area contributed by atoms with Gasteiger partial charge in [0, 0.05) is 11.6 Å². The molecule has 14 heavy (non-hydrogen) atoms. The maximum atomic E-state index is 13.4. The molecule has 1 aromatic carbocycles. The third kappa shape index (κ3) is 1.28. The highest BCUT2D eigenvalue weighted by molar-refractivity contribution is 5.46. The van der Waals surface area contributed by atoms with E-state index in [1.807, 2.05) is 0 Å². The molecule has 0 aliphatic heterocycles. The highest BCUT2D eigenvalue weighted by atomic mass is 19.1. The molecule has 0 radical (unpaired) electrons. The molecule has 0 saturated heterocycles. The molecule has 1 aromatic rings. The van der Waals surface area contributed by atoms with Crippen LogP contribution in [-0.4, -0.2) is 0 Å². The Morgan fingerprint density at radius 1 is 1.50 bits per heavy atom. The van der Waals surface area contributed by atoms with Crippen molar-refractivity contribution in [2.75, 3.05) is 0 Å². The van der Waals surface area contributed by atoms with Crippen LogP contribution in [0.4, 0.5) is 4.39 Å². The van der Waals surface area contributed by atoms with E-state index in [1.165, 1.54) is 12.1 Å². The summed E-state index contributed by atoms with van der Waals surface area (Å²) in [4.78, 5) is 0. The van der Waals surface area contributed by atoms with Gasteiger partial charge in [0.2, 0.25) is 0 Å². The van der Waals surface area contributed by atoms with Gasteiger partial charge in [-0.1, -0.05) is 0 Å². The molecule has 0 bridgehead atoms. The Morgan fingerprint density at radius 2 is 2.29 bits per heavy atom. The summed E-state index contributed by atoms with van der Waals surface area (Å²) in [5.41, 5.74) is 7.75. The van der Waals surface area contributed by atoms with Crippen molar-refractivity contribution in [1.82, 2.24) is 0 Å². The maximum Gasteiger partial charge on any atom is 0.128 e. The highest BCUT2D eigenvalue weighted by Gasteiger charge is 2.22. The molecule has 0 fully saturated rings. The number of benzene rings is 1. The first kappa shape index (κ1) is 9.17. The van der Waals surface area contributed by atoms with Gasteiger partial charge in [-0.2, -0.15) is 5.26 Å². The number of hydrogen-bond donors (Lipinski definition) is 1. The van der Waals surface area contributed by atoms with Crippen LogP contribution in [0.25, 0.3) is 0 Å². The van der Waals surface area contributed by atoms with Crippen LogP contribution in [0.1, 0.15) is 35.6 Å². The van der Waals surface area contributed by atoms with Gasteiger partial charge in [-0.05, 0) is 37.0 Å². The van der Waals surface area contributed by atoms with Gasteiger partial charge in [-0.25, -0.2) is 4.39 Å². The van der Waals surface area contributed by atoms with Crippen molar-refractivity contribution in [3.8, 4) is 6.07 Å². The molecule has 0 amide bonds. The number of nitriles is 1. The molecule has 2 nitrogen and oxygen atoms in total. The zero-order chi connectivity index (χ0) is 10.1. The van der Waals surface area contributed by atoms with E-state index in [0.29, 0.717) is 11.1 Å². The number of rotatable bonds is 0. The lowest BCUT2D eigenvalue weighted by molar-refractivity contribution is 0.518. The largest absolute Gasteiger partial charge is 0.324 e. The van der Waals surface area contributed by atoms with Crippen molar-refractivity contribution in [2.45, 2.75) is 25.3 Å². The number of nitrogens with two attached hydrogens (primary N) is 1. The van der Waals surface area contributed by atoms with E-state index in [4.69, 9.17) is 11.0 Å². The molecule has 2 rings (SSSR count). The molecule has 0 spiro atoms. The molecule has 2 N–H and O–H groups in total. The number of halogens is 1. The van der Waals surface area contributed by atoms with Crippen LogP contribution in [0.15, 0.2) is 12.1 Å². The Morgan fingerprint density at radius 3 is 3.00 bits per heavy atom. The quantitative estimate of drug-likeness (QED) is 0.680. The maximum absolute atomic E-state index is 13.4. The average molecular weight is 190 g/mol. The molecule has 1 aliphatic rings. The normalized spacial score (nSPS) is 19.9. The van der Waals surface area contributed by atoms with Crippen molar-refractivity contribution < 1.29 is 4.39 Å².